The molecule has 1 spiro atoms. The van der Waals surface area contributed by atoms with E-state index in [0.29, 0.717) is 5.56 Å². The molecule has 1 aliphatic carbocycles. The monoisotopic (exact) mass is 569 g/mol. The summed E-state index contributed by atoms with van der Waals surface area (Å²) in [6, 6.07) is 17.8. The lowest BCUT2D eigenvalue weighted by Crippen LogP contribution is -2.51. The zero-order valence-corrected chi connectivity index (χ0v) is 20.8. The molecule has 0 saturated carbocycles. The molecule has 2 fully saturated rings. The maximum atomic E-state index is 13.9. The first-order valence-corrected chi connectivity index (χ1v) is 12.3. The Kier molecular flexibility index (Phi) is 5.06. The van der Waals surface area contributed by atoms with Crippen molar-refractivity contribution in [1.82, 2.24) is 0 Å². The molecule has 6 rings (SSSR count). The average Bonchev–Trinajstić information content (AvgIpc) is 3.41. The highest BCUT2D eigenvalue weighted by Crippen LogP contribution is 2.57. The molecule has 3 aliphatic rings. The van der Waals surface area contributed by atoms with Gasteiger partial charge in [0.25, 0.3) is 0 Å². The standard InChI is InChI=1S/C26H14BrCl2NO5/c27-13-7-5-12(6-8-13)21-19-20(25(34)30(24(19)33)14-9-10-17(28)18(29)11-14)26(35-21)22(31)15-3-1-2-4-16(15)23(26)32/h1-11,19-21H/t19?,20?,21-/m0/s1. The molecule has 174 valence electrons. The van der Waals surface area contributed by atoms with Crippen molar-refractivity contribution >= 4 is 68.2 Å². The van der Waals surface area contributed by atoms with Crippen LogP contribution in [0.15, 0.2) is 71.2 Å². The van der Waals surface area contributed by atoms with Crippen LogP contribution in [0.3, 0.4) is 0 Å². The highest BCUT2D eigenvalue weighted by Gasteiger charge is 2.74. The van der Waals surface area contributed by atoms with Crippen molar-refractivity contribution in [2.24, 2.45) is 11.8 Å². The third-order valence-electron chi connectivity index (χ3n) is 6.88. The first-order chi connectivity index (χ1) is 16.8. The van der Waals surface area contributed by atoms with Gasteiger partial charge in [0.05, 0.1) is 33.7 Å². The maximum Gasteiger partial charge on any atom is 0.241 e. The molecule has 0 bridgehead atoms. The van der Waals surface area contributed by atoms with E-state index in [0.717, 1.165) is 9.37 Å². The number of imide groups is 1. The van der Waals surface area contributed by atoms with Gasteiger partial charge in [-0.1, -0.05) is 75.5 Å². The third kappa shape index (κ3) is 2.99. The number of rotatable bonds is 2. The number of fused-ring (bicyclic) bond motifs is 3. The number of carbonyl (C=O) groups is 4. The molecule has 0 aromatic heterocycles. The summed E-state index contributed by atoms with van der Waals surface area (Å²) < 4.78 is 7.05. The van der Waals surface area contributed by atoms with E-state index in [1.807, 2.05) is 0 Å². The van der Waals surface area contributed by atoms with Crippen molar-refractivity contribution in [3.8, 4) is 0 Å². The molecular weight excluding hydrogens is 557 g/mol. The Morgan fingerprint density at radius 3 is 2.03 bits per heavy atom. The van der Waals surface area contributed by atoms with E-state index in [2.05, 4.69) is 15.9 Å². The number of ether oxygens (including phenoxy) is 1. The SMILES string of the molecule is O=C1C2C(C(=O)N1c1ccc(Cl)c(Cl)c1)C1(O[C@H]2c2ccc(Br)cc2)C(=O)c2ccccc2C1=O. The third-order valence-corrected chi connectivity index (χ3v) is 8.15. The highest BCUT2D eigenvalue weighted by molar-refractivity contribution is 9.10. The Labute approximate surface area is 217 Å². The van der Waals surface area contributed by atoms with Crippen LogP contribution in [0.1, 0.15) is 32.4 Å². The Morgan fingerprint density at radius 2 is 1.43 bits per heavy atom. The first kappa shape index (κ1) is 22.6. The van der Waals surface area contributed by atoms with Gasteiger partial charge in [-0.25, -0.2) is 4.90 Å². The van der Waals surface area contributed by atoms with Crippen molar-refractivity contribution < 1.29 is 23.9 Å². The molecule has 3 atom stereocenters. The van der Waals surface area contributed by atoms with Gasteiger partial charge in [-0.15, -0.1) is 0 Å². The van der Waals surface area contributed by atoms with Gasteiger partial charge in [-0.3, -0.25) is 19.2 Å². The number of benzene rings is 3. The van der Waals surface area contributed by atoms with Crippen LogP contribution in [0.5, 0.6) is 0 Å². The van der Waals surface area contributed by atoms with Crippen LogP contribution in [0, 0.1) is 11.8 Å². The molecule has 2 aliphatic heterocycles. The molecule has 2 unspecified atom stereocenters. The van der Waals surface area contributed by atoms with E-state index in [1.54, 1.807) is 36.4 Å². The summed E-state index contributed by atoms with van der Waals surface area (Å²) in [4.78, 5) is 56.1. The quantitative estimate of drug-likeness (QED) is 0.302. The van der Waals surface area contributed by atoms with Crippen molar-refractivity contribution in [3.05, 3.63) is 97.9 Å². The fourth-order valence-corrected chi connectivity index (χ4v) is 5.91. The van der Waals surface area contributed by atoms with Gasteiger partial charge in [-0.05, 0) is 35.9 Å². The minimum absolute atomic E-state index is 0.165. The van der Waals surface area contributed by atoms with Gasteiger partial charge in [0.2, 0.25) is 29.0 Å². The summed E-state index contributed by atoms with van der Waals surface area (Å²) >= 11 is 15.6. The van der Waals surface area contributed by atoms with Gasteiger partial charge in [0, 0.05) is 15.6 Å². The van der Waals surface area contributed by atoms with Crippen LogP contribution < -0.4 is 4.90 Å². The molecule has 9 heteroatoms. The number of amides is 2. The lowest BCUT2D eigenvalue weighted by Gasteiger charge is -2.27. The summed E-state index contributed by atoms with van der Waals surface area (Å²) in [7, 11) is 0. The first-order valence-electron chi connectivity index (χ1n) is 10.7. The van der Waals surface area contributed by atoms with Gasteiger partial charge < -0.3 is 4.74 Å². The molecule has 0 N–H and O–H groups in total. The van der Waals surface area contributed by atoms with E-state index >= 15 is 0 Å². The molecule has 2 amide bonds. The smallest absolute Gasteiger partial charge is 0.241 e. The summed E-state index contributed by atoms with van der Waals surface area (Å²) in [5.41, 5.74) is -0.969. The Balaban J connectivity index is 1.54. The van der Waals surface area contributed by atoms with E-state index in [9.17, 15) is 19.2 Å². The normalized spacial score (nSPS) is 24.4. The van der Waals surface area contributed by atoms with E-state index in [-0.39, 0.29) is 26.9 Å². The number of hydrogen-bond acceptors (Lipinski definition) is 5. The van der Waals surface area contributed by atoms with Crippen LogP contribution >= 0.6 is 39.1 Å². The molecular formula is C26H14BrCl2NO5. The topological polar surface area (TPSA) is 80.8 Å². The summed E-state index contributed by atoms with van der Waals surface area (Å²) in [5.74, 6) is -4.88. The zero-order valence-electron chi connectivity index (χ0n) is 17.7. The van der Waals surface area contributed by atoms with Crippen LogP contribution in [0.25, 0.3) is 0 Å². The Hall–Kier alpha value is -2.84. The minimum Gasteiger partial charge on any atom is -0.349 e. The van der Waals surface area contributed by atoms with Crippen LogP contribution in [-0.2, 0) is 14.3 Å². The second kappa shape index (κ2) is 7.83. The highest BCUT2D eigenvalue weighted by atomic mass is 79.9. The van der Waals surface area contributed by atoms with Gasteiger partial charge in [0.15, 0.2) is 0 Å². The molecule has 3 aromatic carbocycles. The van der Waals surface area contributed by atoms with Crippen LogP contribution in [0.2, 0.25) is 10.0 Å². The fourth-order valence-electron chi connectivity index (χ4n) is 5.35. The van der Waals surface area contributed by atoms with Crippen LogP contribution in [-0.4, -0.2) is 29.0 Å². The second-order valence-corrected chi connectivity index (χ2v) is 10.4. The number of halogens is 3. The largest absolute Gasteiger partial charge is 0.349 e. The Morgan fingerprint density at radius 1 is 0.800 bits per heavy atom. The number of ketones is 2. The average molecular weight is 571 g/mol. The van der Waals surface area contributed by atoms with Crippen molar-refractivity contribution in [1.29, 1.82) is 0 Å². The summed E-state index contributed by atoms with van der Waals surface area (Å²) in [5, 5.41) is 0.427. The minimum atomic E-state index is -2.12. The molecule has 2 heterocycles. The van der Waals surface area contributed by atoms with Crippen molar-refractivity contribution in [2.45, 2.75) is 11.7 Å². The summed E-state index contributed by atoms with van der Waals surface area (Å²) in [6.45, 7) is 0. The van der Waals surface area contributed by atoms with Gasteiger partial charge in [0.1, 0.15) is 0 Å². The molecule has 0 radical (unpaired) electrons. The molecule has 6 nitrogen and oxygen atoms in total. The molecule has 35 heavy (non-hydrogen) atoms. The predicted molar refractivity (Wildman–Crippen MR) is 132 cm³/mol. The fraction of sp³-hybridized carbons (Fsp3) is 0.154. The second-order valence-electron chi connectivity index (χ2n) is 8.64. The van der Waals surface area contributed by atoms with E-state index in [4.69, 9.17) is 27.9 Å². The lowest BCUT2D eigenvalue weighted by atomic mass is 9.77. The molecule has 3 aromatic rings. The van der Waals surface area contributed by atoms with Gasteiger partial charge >= 0.3 is 0 Å². The predicted octanol–water partition coefficient (Wildman–Crippen LogP) is 5.45. The summed E-state index contributed by atoms with van der Waals surface area (Å²) in [6.07, 6.45) is -0.987. The molecule has 2 saturated heterocycles. The number of carbonyl (C=O) groups excluding carboxylic acids is 4. The van der Waals surface area contributed by atoms with Crippen molar-refractivity contribution in [2.75, 3.05) is 4.90 Å². The van der Waals surface area contributed by atoms with Crippen molar-refractivity contribution in [3.63, 3.8) is 0 Å². The number of hydrogen-bond donors (Lipinski definition) is 0. The number of Topliss-reactive ketones (excluding diaryl/α,β-unsaturated/α-hetero) is 2. The van der Waals surface area contributed by atoms with E-state index < -0.39 is 46.9 Å². The zero-order chi connectivity index (χ0) is 24.6. The van der Waals surface area contributed by atoms with Gasteiger partial charge in [-0.2, -0.15) is 0 Å². The van der Waals surface area contributed by atoms with E-state index in [1.165, 1.54) is 30.3 Å². The lowest BCUT2D eigenvalue weighted by molar-refractivity contribution is -0.127. The van der Waals surface area contributed by atoms with Crippen LogP contribution in [0.4, 0.5) is 5.69 Å². The maximum absolute atomic E-state index is 13.9. The Bertz CT molecular complexity index is 1440. The number of nitrogens with zero attached hydrogens (tertiary/aromatic N) is 1. The number of anilines is 1.